The second-order valence-electron chi connectivity index (χ2n) is 1.71. The van der Waals surface area contributed by atoms with Crippen molar-refractivity contribution in [3.63, 3.8) is 0 Å². The average Bonchev–Trinajstić information content (AvgIpc) is 1.87. The zero-order valence-electron chi connectivity index (χ0n) is 6.47. The number of rotatable bonds is 0. The number of nitrogens with zero attached hydrogens (tertiary/aromatic N) is 1. The van der Waals surface area contributed by atoms with Crippen LogP contribution in [0.4, 0.5) is 0 Å². The van der Waals surface area contributed by atoms with Gasteiger partial charge in [-0.2, -0.15) is 0 Å². The van der Waals surface area contributed by atoms with E-state index in [9.17, 15) is 0 Å². The molecule has 6 heteroatoms. The van der Waals surface area contributed by atoms with Gasteiger partial charge in [0.2, 0.25) is 0 Å². The van der Waals surface area contributed by atoms with Gasteiger partial charge in [0.25, 0.3) is 0 Å². The summed E-state index contributed by atoms with van der Waals surface area (Å²) in [6.07, 6.45) is 0. The summed E-state index contributed by atoms with van der Waals surface area (Å²) in [4.78, 5) is 8.25. The monoisotopic (exact) mass is 543 g/mol. The van der Waals surface area contributed by atoms with E-state index in [-0.39, 0.29) is 27.7 Å². The zero-order chi connectivity index (χ0) is 8.69. The SMILES string of the molecule is O=[N+]([O-])[O-].[Hg+].[Hg][c]1ccccc1. The van der Waals surface area contributed by atoms with Gasteiger partial charge < -0.3 is 15.3 Å². The molecule has 1 aromatic rings. The van der Waals surface area contributed by atoms with Crippen LogP contribution in [-0.4, -0.2) is 5.09 Å². The molecule has 0 unspecified atom stereocenters. The second kappa shape index (κ2) is 9.38. The van der Waals surface area contributed by atoms with Crippen LogP contribution in [0.1, 0.15) is 0 Å². The Bertz CT molecular complexity index is 213. The Morgan fingerprint density at radius 1 is 1.17 bits per heavy atom. The maximum atomic E-state index is 8.25. The van der Waals surface area contributed by atoms with Crippen molar-refractivity contribution < 1.29 is 58.9 Å². The molecular formula is C6H5Hg2NO3. The molecule has 1 radical (unpaired) electrons. The first-order chi connectivity index (χ1) is 5.13. The van der Waals surface area contributed by atoms with Crippen LogP contribution in [0, 0.1) is 15.3 Å². The van der Waals surface area contributed by atoms with Gasteiger partial charge in [-0.25, -0.2) is 0 Å². The Labute approximate surface area is 107 Å². The third-order valence-corrected chi connectivity index (χ3v) is 2.68. The van der Waals surface area contributed by atoms with E-state index in [1.165, 1.54) is 3.07 Å². The Morgan fingerprint density at radius 2 is 1.50 bits per heavy atom. The second-order valence-corrected chi connectivity index (χ2v) is 4.88. The topological polar surface area (TPSA) is 66.2 Å². The van der Waals surface area contributed by atoms with E-state index in [4.69, 9.17) is 15.3 Å². The van der Waals surface area contributed by atoms with Crippen molar-refractivity contribution in [2.45, 2.75) is 0 Å². The molecule has 0 aliphatic heterocycles. The quantitative estimate of drug-likeness (QED) is 0.276. The number of hydrogen-bond donors (Lipinski definition) is 0. The number of benzene rings is 1. The van der Waals surface area contributed by atoms with Gasteiger partial charge in [-0.3, -0.25) is 0 Å². The molecule has 0 N–H and O–H groups in total. The molecule has 0 aromatic heterocycles. The first kappa shape index (κ1) is 14.8. The molecule has 0 heterocycles. The Kier molecular flexibility index (Phi) is 11.6. The van der Waals surface area contributed by atoms with Crippen molar-refractivity contribution in [1.82, 2.24) is 0 Å². The standard InChI is InChI=1S/C6H5.2Hg.NO3/c1-2-4-6-5-3-1;;;2-1(3)4/h1-5H;;;/q;;+1;-1. The van der Waals surface area contributed by atoms with E-state index in [1.54, 1.807) is 0 Å². The van der Waals surface area contributed by atoms with Crippen LogP contribution in [0.25, 0.3) is 0 Å². The summed E-state index contributed by atoms with van der Waals surface area (Å²) >= 11 is 0.810. The normalized spacial score (nSPS) is 7.17. The fourth-order valence-electron chi connectivity index (χ4n) is 0.478. The molecule has 0 bridgehead atoms. The molecule has 0 spiro atoms. The van der Waals surface area contributed by atoms with Crippen LogP contribution >= 0.6 is 0 Å². The van der Waals surface area contributed by atoms with Crippen LogP contribution in [-0.2, 0) is 53.8 Å². The van der Waals surface area contributed by atoms with E-state index >= 15 is 0 Å². The molecule has 0 saturated heterocycles. The van der Waals surface area contributed by atoms with Crippen molar-refractivity contribution in [2.75, 3.05) is 0 Å². The molecule has 1 aromatic carbocycles. The van der Waals surface area contributed by atoms with Crippen molar-refractivity contribution in [3.8, 4) is 0 Å². The van der Waals surface area contributed by atoms with Gasteiger partial charge in [-0.05, 0) is 0 Å². The predicted octanol–water partition coefficient (Wildman–Crippen LogP) is 0.617. The maximum absolute atomic E-state index is 8.25. The van der Waals surface area contributed by atoms with Gasteiger partial charge in [-0.1, -0.05) is 0 Å². The van der Waals surface area contributed by atoms with Crippen LogP contribution in [0.3, 0.4) is 0 Å². The fraction of sp³-hybridized carbons (Fsp3) is 0. The van der Waals surface area contributed by atoms with Crippen LogP contribution in [0.5, 0.6) is 0 Å². The molecule has 0 aliphatic rings. The van der Waals surface area contributed by atoms with Gasteiger partial charge in [0, 0.05) is 0 Å². The molecule has 0 atom stereocenters. The van der Waals surface area contributed by atoms with Crippen molar-refractivity contribution >= 4 is 3.07 Å². The summed E-state index contributed by atoms with van der Waals surface area (Å²) in [5.74, 6) is 0. The summed E-state index contributed by atoms with van der Waals surface area (Å²) in [6, 6.07) is 10.6. The summed E-state index contributed by atoms with van der Waals surface area (Å²) in [5.41, 5.74) is 0. The minimum atomic E-state index is -1.75. The molecule has 12 heavy (non-hydrogen) atoms. The van der Waals surface area contributed by atoms with Gasteiger partial charge >= 0.3 is 87.2 Å². The summed E-state index contributed by atoms with van der Waals surface area (Å²) in [7, 11) is 0. The van der Waals surface area contributed by atoms with Crippen LogP contribution in [0.2, 0.25) is 0 Å². The van der Waals surface area contributed by atoms with Gasteiger partial charge in [0.1, 0.15) is 0 Å². The first-order valence-corrected chi connectivity index (χ1v) is 5.56. The van der Waals surface area contributed by atoms with E-state index in [0.717, 1.165) is 26.1 Å². The number of hydrogen-bond acceptors (Lipinski definition) is 3. The van der Waals surface area contributed by atoms with Gasteiger partial charge in [0.15, 0.2) is 0 Å². The fourth-order valence-corrected chi connectivity index (χ4v) is 1.54. The molecular weight excluding hydrogens is 535 g/mol. The summed E-state index contributed by atoms with van der Waals surface area (Å²) in [5, 5.41) is 14.8. The molecule has 56 valence electrons. The van der Waals surface area contributed by atoms with E-state index in [0.29, 0.717) is 0 Å². The van der Waals surface area contributed by atoms with Gasteiger partial charge in [0.05, 0.1) is 5.09 Å². The van der Waals surface area contributed by atoms with E-state index in [2.05, 4.69) is 30.3 Å². The Balaban J connectivity index is 0. The van der Waals surface area contributed by atoms with Crippen molar-refractivity contribution in [3.05, 3.63) is 45.7 Å². The van der Waals surface area contributed by atoms with Gasteiger partial charge in [-0.15, -0.1) is 0 Å². The first-order valence-electron chi connectivity index (χ1n) is 2.81. The predicted molar refractivity (Wildman–Crippen MR) is 36.4 cm³/mol. The minimum absolute atomic E-state index is 0. The Morgan fingerprint density at radius 3 is 1.67 bits per heavy atom. The average molecular weight is 540 g/mol. The molecule has 0 aliphatic carbocycles. The molecule has 0 saturated carbocycles. The third kappa shape index (κ3) is 12.9. The molecule has 0 fully saturated rings. The van der Waals surface area contributed by atoms with Crippen LogP contribution in [0.15, 0.2) is 30.3 Å². The van der Waals surface area contributed by atoms with Crippen LogP contribution < -0.4 is 3.07 Å². The summed E-state index contributed by atoms with van der Waals surface area (Å²) in [6.45, 7) is 0. The van der Waals surface area contributed by atoms with Crippen molar-refractivity contribution in [1.29, 1.82) is 0 Å². The van der Waals surface area contributed by atoms with E-state index in [1.807, 2.05) is 0 Å². The third-order valence-electron chi connectivity index (χ3n) is 0.843. The van der Waals surface area contributed by atoms with E-state index < -0.39 is 5.09 Å². The molecule has 1 rings (SSSR count). The molecule has 4 nitrogen and oxygen atoms in total. The molecule has 0 amide bonds. The van der Waals surface area contributed by atoms with Crippen molar-refractivity contribution in [2.24, 2.45) is 0 Å². The Hall–Kier alpha value is 0.290. The zero-order valence-corrected chi connectivity index (χ0v) is 17.5. The summed E-state index contributed by atoms with van der Waals surface area (Å²) < 4.78 is 1.52.